The van der Waals surface area contributed by atoms with Crippen LogP contribution in [0.25, 0.3) is 0 Å². The molecule has 1 unspecified atom stereocenters. The van der Waals surface area contributed by atoms with Gasteiger partial charge in [-0.2, -0.15) is 0 Å². The van der Waals surface area contributed by atoms with E-state index in [-0.39, 0.29) is 0 Å². The summed E-state index contributed by atoms with van der Waals surface area (Å²) in [5.74, 6) is 0. The van der Waals surface area contributed by atoms with E-state index >= 15 is 0 Å². The van der Waals surface area contributed by atoms with Crippen molar-refractivity contribution in [2.24, 2.45) is 0 Å². The van der Waals surface area contributed by atoms with Gasteiger partial charge in [0.05, 0.1) is 13.2 Å². The van der Waals surface area contributed by atoms with Gasteiger partial charge in [-0.1, -0.05) is 30.3 Å². The van der Waals surface area contributed by atoms with Crippen LogP contribution in [0, 0.1) is 0 Å². The van der Waals surface area contributed by atoms with E-state index in [0.717, 1.165) is 26.3 Å². The highest BCUT2D eigenvalue weighted by molar-refractivity contribution is 5.14. The molecule has 0 saturated carbocycles. The molecule has 1 fully saturated rings. The van der Waals surface area contributed by atoms with Crippen LogP contribution in [0.15, 0.2) is 30.3 Å². The minimum absolute atomic E-state index is 0.670. The average Bonchev–Trinajstić information content (AvgIpc) is 2.38. The second kappa shape index (κ2) is 6.02. The largest absolute Gasteiger partial charge is 0.379 e. The molecule has 88 valence electrons. The summed E-state index contributed by atoms with van der Waals surface area (Å²) in [6.07, 6.45) is 2.42. The predicted octanol–water partition coefficient (Wildman–Crippen LogP) is 2.34. The van der Waals surface area contributed by atoms with Crippen molar-refractivity contribution in [3.05, 3.63) is 35.9 Å². The predicted molar refractivity (Wildman–Crippen MR) is 66.6 cm³/mol. The zero-order valence-electron chi connectivity index (χ0n) is 10.1. The van der Waals surface area contributed by atoms with Gasteiger partial charge < -0.3 is 4.74 Å². The van der Waals surface area contributed by atoms with Crippen molar-refractivity contribution in [1.82, 2.24) is 4.90 Å². The smallest absolute Gasteiger partial charge is 0.0594 e. The lowest BCUT2D eigenvalue weighted by atomic mass is 10.1. The molecule has 16 heavy (non-hydrogen) atoms. The fourth-order valence-electron chi connectivity index (χ4n) is 2.22. The van der Waals surface area contributed by atoms with E-state index in [9.17, 15) is 0 Å². The topological polar surface area (TPSA) is 12.5 Å². The third kappa shape index (κ3) is 3.32. The molecule has 1 aromatic carbocycles. The van der Waals surface area contributed by atoms with E-state index in [2.05, 4.69) is 42.2 Å². The molecule has 0 aromatic heterocycles. The summed E-state index contributed by atoms with van der Waals surface area (Å²) in [5, 5.41) is 0. The van der Waals surface area contributed by atoms with Crippen LogP contribution in [0.2, 0.25) is 0 Å². The molecule has 1 aliphatic rings. The molecular formula is C14H21NO. The van der Waals surface area contributed by atoms with E-state index in [1.54, 1.807) is 0 Å². The first-order chi connectivity index (χ1) is 7.86. The molecule has 0 bridgehead atoms. The van der Waals surface area contributed by atoms with Gasteiger partial charge >= 0.3 is 0 Å². The lowest BCUT2D eigenvalue weighted by molar-refractivity contribution is 0.0187. The van der Waals surface area contributed by atoms with Gasteiger partial charge in [0.25, 0.3) is 0 Å². The lowest BCUT2D eigenvalue weighted by Gasteiger charge is -2.32. The number of aryl methyl sites for hydroxylation is 1. The maximum absolute atomic E-state index is 5.37. The van der Waals surface area contributed by atoms with Crippen molar-refractivity contribution in [3.8, 4) is 0 Å². The van der Waals surface area contributed by atoms with Gasteiger partial charge in [0.2, 0.25) is 0 Å². The van der Waals surface area contributed by atoms with Crippen LogP contribution in [0.5, 0.6) is 0 Å². The van der Waals surface area contributed by atoms with Crippen LogP contribution < -0.4 is 0 Å². The van der Waals surface area contributed by atoms with Crippen molar-refractivity contribution in [1.29, 1.82) is 0 Å². The summed E-state index contributed by atoms with van der Waals surface area (Å²) in [6.45, 7) is 6.31. The van der Waals surface area contributed by atoms with Gasteiger partial charge in [0, 0.05) is 19.1 Å². The second-order valence-electron chi connectivity index (χ2n) is 4.52. The van der Waals surface area contributed by atoms with Crippen LogP contribution in [-0.2, 0) is 11.2 Å². The Kier molecular flexibility index (Phi) is 4.37. The maximum Gasteiger partial charge on any atom is 0.0594 e. The molecule has 1 saturated heterocycles. The number of rotatable bonds is 4. The molecular weight excluding hydrogens is 198 g/mol. The number of ether oxygens (including phenoxy) is 1. The summed E-state index contributed by atoms with van der Waals surface area (Å²) >= 11 is 0. The number of hydrogen-bond acceptors (Lipinski definition) is 2. The first-order valence-corrected chi connectivity index (χ1v) is 6.22. The van der Waals surface area contributed by atoms with Crippen LogP contribution in [0.4, 0.5) is 0 Å². The van der Waals surface area contributed by atoms with E-state index in [1.807, 2.05) is 0 Å². The van der Waals surface area contributed by atoms with Crippen LogP contribution >= 0.6 is 0 Å². The summed E-state index contributed by atoms with van der Waals surface area (Å²) in [4.78, 5) is 2.53. The van der Waals surface area contributed by atoms with Crippen molar-refractivity contribution < 1.29 is 4.74 Å². The molecule has 0 aliphatic carbocycles. The molecule has 1 atom stereocenters. The summed E-state index contributed by atoms with van der Waals surface area (Å²) in [5.41, 5.74) is 1.45. The fraction of sp³-hybridized carbons (Fsp3) is 0.571. The van der Waals surface area contributed by atoms with Crippen molar-refractivity contribution in [2.75, 3.05) is 26.3 Å². The third-order valence-electron chi connectivity index (χ3n) is 3.36. The summed E-state index contributed by atoms with van der Waals surface area (Å²) < 4.78 is 5.37. The number of morpholine rings is 1. The van der Waals surface area contributed by atoms with Gasteiger partial charge in [-0.25, -0.2) is 0 Å². The Balaban J connectivity index is 1.76. The monoisotopic (exact) mass is 219 g/mol. The molecule has 0 N–H and O–H groups in total. The molecule has 0 spiro atoms. The molecule has 0 amide bonds. The van der Waals surface area contributed by atoms with Gasteiger partial charge in [-0.15, -0.1) is 0 Å². The van der Waals surface area contributed by atoms with Crippen LogP contribution in [0.1, 0.15) is 18.9 Å². The van der Waals surface area contributed by atoms with E-state index in [0.29, 0.717) is 6.04 Å². The third-order valence-corrected chi connectivity index (χ3v) is 3.36. The highest BCUT2D eigenvalue weighted by atomic mass is 16.5. The lowest BCUT2D eigenvalue weighted by Crippen LogP contribution is -2.42. The Morgan fingerprint density at radius 3 is 2.56 bits per heavy atom. The summed E-state index contributed by atoms with van der Waals surface area (Å²) in [7, 11) is 0. The van der Waals surface area contributed by atoms with Gasteiger partial charge in [0.1, 0.15) is 0 Å². The molecule has 2 nitrogen and oxygen atoms in total. The second-order valence-corrected chi connectivity index (χ2v) is 4.52. The van der Waals surface area contributed by atoms with Gasteiger partial charge in [-0.3, -0.25) is 4.90 Å². The Labute approximate surface area is 98.2 Å². The number of benzene rings is 1. The molecule has 0 radical (unpaired) electrons. The molecule has 1 aliphatic heterocycles. The fourth-order valence-corrected chi connectivity index (χ4v) is 2.22. The Hall–Kier alpha value is -0.860. The average molecular weight is 219 g/mol. The van der Waals surface area contributed by atoms with Crippen molar-refractivity contribution in [3.63, 3.8) is 0 Å². The highest BCUT2D eigenvalue weighted by Crippen LogP contribution is 2.11. The highest BCUT2D eigenvalue weighted by Gasteiger charge is 2.16. The Morgan fingerprint density at radius 1 is 1.19 bits per heavy atom. The van der Waals surface area contributed by atoms with E-state index in [1.165, 1.54) is 18.4 Å². The minimum Gasteiger partial charge on any atom is -0.379 e. The zero-order chi connectivity index (χ0) is 11.2. The van der Waals surface area contributed by atoms with Crippen molar-refractivity contribution >= 4 is 0 Å². The molecule has 1 heterocycles. The molecule has 2 rings (SSSR count). The quantitative estimate of drug-likeness (QED) is 0.770. The maximum atomic E-state index is 5.37. The van der Waals surface area contributed by atoms with Gasteiger partial charge in [0.15, 0.2) is 0 Å². The Bertz CT molecular complexity index is 293. The van der Waals surface area contributed by atoms with Crippen LogP contribution in [0.3, 0.4) is 0 Å². The molecule has 1 aromatic rings. The standard InChI is InChI=1S/C14H21NO/c1-13(15-9-11-16-12-10-15)7-8-14-5-3-2-4-6-14/h2-6,13H,7-12H2,1H3. The molecule has 2 heteroatoms. The van der Waals surface area contributed by atoms with Crippen LogP contribution in [-0.4, -0.2) is 37.2 Å². The minimum atomic E-state index is 0.670. The summed E-state index contributed by atoms with van der Waals surface area (Å²) in [6, 6.07) is 11.4. The van der Waals surface area contributed by atoms with Crippen molar-refractivity contribution in [2.45, 2.75) is 25.8 Å². The first kappa shape index (κ1) is 11.6. The Morgan fingerprint density at radius 2 is 1.88 bits per heavy atom. The van der Waals surface area contributed by atoms with Gasteiger partial charge in [-0.05, 0) is 25.3 Å². The number of hydrogen-bond donors (Lipinski definition) is 0. The zero-order valence-corrected chi connectivity index (χ0v) is 10.1. The SMILES string of the molecule is CC(CCc1ccccc1)N1CCOCC1. The van der Waals surface area contributed by atoms with E-state index < -0.39 is 0 Å². The first-order valence-electron chi connectivity index (χ1n) is 6.22. The number of nitrogens with zero attached hydrogens (tertiary/aromatic N) is 1. The normalized spacial score (nSPS) is 19.6. The van der Waals surface area contributed by atoms with E-state index in [4.69, 9.17) is 4.74 Å².